The van der Waals surface area contributed by atoms with Crippen molar-refractivity contribution in [3.8, 4) is 5.69 Å². The first-order chi connectivity index (χ1) is 15.3. The summed E-state index contributed by atoms with van der Waals surface area (Å²) in [7, 11) is 0. The Hall–Kier alpha value is -4.18. The molecule has 0 aliphatic rings. The van der Waals surface area contributed by atoms with Crippen molar-refractivity contribution in [2.24, 2.45) is 0 Å². The standard InChI is InChI=1S/C22H18N6O3S/c1-13-3-7-16(8-4-13)27-25-19-11-14(2)18(12-20(19)26-27)23-22(32)24-21(29)15-5-9-17(10-6-15)28(30)31/h3-12H,1-2H3,(H2,23,24,29,32). The lowest BCUT2D eigenvalue weighted by atomic mass is 10.2. The van der Waals surface area contributed by atoms with E-state index in [0.717, 1.165) is 22.3 Å². The van der Waals surface area contributed by atoms with Gasteiger partial charge in [0.05, 0.1) is 10.6 Å². The fourth-order valence-corrected chi connectivity index (χ4v) is 3.26. The minimum atomic E-state index is -0.526. The number of hydrogen-bond donors (Lipinski definition) is 2. The third kappa shape index (κ3) is 4.44. The summed E-state index contributed by atoms with van der Waals surface area (Å²) in [5.74, 6) is -0.471. The number of carbonyl (C=O) groups is 1. The number of nitrogens with one attached hydrogen (secondary N) is 2. The maximum atomic E-state index is 12.4. The van der Waals surface area contributed by atoms with Gasteiger partial charge in [0.15, 0.2) is 5.11 Å². The van der Waals surface area contributed by atoms with Crippen LogP contribution >= 0.6 is 12.2 Å². The van der Waals surface area contributed by atoms with Gasteiger partial charge >= 0.3 is 0 Å². The lowest BCUT2D eigenvalue weighted by Gasteiger charge is -2.11. The van der Waals surface area contributed by atoms with Gasteiger partial charge < -0.3 is 5.32 Å². The summed E-state index contributed by atoms with van der Waals surface area (Å²) in [4.78, 5) is 24.2. The van der Waals surface area contributed by atoms with Gasteiger partial charge in [-0.2, -0.15) is 4.80 Å². The first-order valence-corrected chi connectivity index (χ1v) is 10.0. The van der Waals surface area contributed by atoms with Gasteiger partial charge in [0.25, 0.3) is 11.6 Å². The van der Waals surface area contributed by atoms with E-state index < -0.39 is 10.8 Å². The molecule has 0 bridgehead atoms. The van der Waals surface area contributed by atoms with Crippen LogP contribution in [0.5, 0.6) is 0 Å². The average Bonchev–Trinajstić information content (AvgIpc) is 3.17. The zero-order valence-electron chi connectivity index (χ0n) is 17.2. The van der Waals surface area contributed by atoms with Gasteiger partial charge in [0.2, 0.25) is 0 Å². The van der Waals surface area contributed by atoms with Gasteiger partial charge in [-0.15, -0.1) is 10.2 Å². The molecule has 160 valence electrons. The molecule has 0 atom stereocenters. The molecule has 0 saturated heterocycles. The summed E-state index contributed by atoms with van der Waals surface area (Å²) < 4.78 is 0. The summed E-state index contributed by atoms with van der Waals surface area (Å²) in [6.45, 7) is 3.91. The van der Waals surface area contributed by atoms with Crippen molar-refractivity contribution in [3.05, 3.63) is 87.5 Å². The summed E-state index contributed by atoms with van der Waals surface area (Å²) in [6.07, 6.45) is 0. The van der Waals surface area contributed by atoms with Crippen LogP contribution in [0.25, 0.3) is 16.7 Å². The second kappa shape index (κ2) is 8.52. The Morgan fingerprint density at radius 2 is 1.62 bits per heavy atom. The molecule has 0 aliphatic carbocycles. The predicted molar refractivity (Wildman–Crippen MR) is 125 cm³/mol. The lowest BCUT2D eigenvalue weighted by Crippen LogP contribution is -2.34. The molecular formula is C22H18N6O3S. The van der Waals surface area contributed by atoms with Gasteiger partial charge in [-0.3, -0.25) is 20.2 Å². The van der Waals surface area contributed by atoms with Crippen LogP contribution in [0, 0.1) is 24.0 Å². The van der Waals surface area contributed by atoms with E-state index in [1.807, 2.05) is 50.2 Å². The maximum Gasteiger partial charge on any atom is 0.269 e. The Morgan fingerprint density at radius 1 is 1.00 bits per heavy atom. The van der Waals surface area contributed by atoms with Crippen molar-refractivity contribution in [3.63, 3.8) is 0 Å². The highest BCUT2D eigenvalue weighted by molar-refractivity contribution is 7.80. The van der Waals surface area contributed by atoms with Crippen LogP contribution in [0.4, 0.5) is 11.4 Å². The van der Waals surface area contributed by atoms with Gasteiger partial charge in [-0.1, -0.05) is 17.7 Å². The van der Waals surface area contributed by atoms with Crippen molar-refractivity contribution >= 4 is 45.6 Å². The van der Waals surface area contributed by atoms with Gasteiger partial charge in [-0.05, 0) is 68.0 Å². The highest BCUT2D eigenvalue weighted by atomic mass is 32.1. The number of carbonyl (C=O) groups excluding carboxylic acids is 1. The van der Waals surface area contributed by atoms with E-state index in [2.05, 4.69) is 20.8 Å². The molecule has 3 aromatic carbocycles. The molecule has 0 fully saturated rings. The first-order valence-electron chi connectivity index (χ1n) is 9.62. The monoisotopic (exact) mass is 446 g/mol. The molecule has 0 aliphatic heterocycles. The Bertz CT molecular complexity index is 1350. The first kappa shape index (κ1) is 21.1. The average molecular weight is 446 g/mol. The van der Waals surface area contributed by atoms with E-state index in [-0.39, 0.29) is 16.4 Å². The van der Waals surface area contributed by atoms with Crippen LogP contribution in [0.1, 0.15) is 21.5 Å². The molecule has 0 saturated carbocycles. The minimum Gasteiger partial charge on any atom is -0.332 e. The largest absolute Gasteiger partial charge is 0.332 e. The highest BCUT2D eigenvalue weighted by Gasteiger charge is 2.13. The molecular weight excluding hydrogens is 428 g/mol. The minimum absolute atomic E-state index is 0.0927. The smallest absolute Gasteiger partial charge is 0.269 e. The topological polar surface area (TPSA) is 115 Å². The summed E-state index contributed by atoms with van der Waals surface area (Å²) >= 11 is 5.26. The Labute approximate surface area is 188 Å². The molecule has 1 amide bonds. The second-order valence-corrected chi connectivity index (χ2v) is 7.60. The van der Waals surface area contributed by atoms with E-state index in [1.54, 1.807) is 4.80 Å². The number of non-ortho nitro benzene ring substituents is 1. The number of rotatable bonds is 4. The normalized spacial score (nSPS) is 10.7. The maximum absolute atomic E-state index is 12.4. The summed E-state index contributed by atoms with van der Waals surface area (Å²) in [6, 6.07) is 16.9. The second-order valence-electron chi connectivity index (χ2n) is 7.19. The highest BCUT2D eigenvalue weighted by Crippen LogP contribution is 2.22. The number of fused-ring (bicyclic) bond motifs is 1. The van der Waals surface area contributed by atoms with E-state index in [0.29, 0.717) is 11.2 Å². The molecule has 1 heterocycles. The van der Waals surface area contributed by atoms with E-state index in [1.165, 1.54) is 24.3 Å². The molecule has 9 nitrogen and oxygen atoms in total. The SMILES string of the molecule is Cc1ccc(-n2nc3cc(C)c(NC(=S)NC(=O)c4ccc([N+](=O)[O-])cc4)cc3n2)cc1. The van der Waals surface area contributed by atoms with Gasteiger partial charge in [-0.25, -0.2) is 0 Å². The number of amides is 1. The Kier molecular flexibility index (Phi) is 5.61. The predicted octanol–water partition coefficient (Wildman–Crippen LogP) is 4.07. The van der Waals surface area contributed by atoms with Crippen molar-refractivity contribution in [2.45, 2.75) is 13.8 Å². The van der Waals surface area contributed by atoms with Crippen LogP contribution in [-0.2, 0) is 0 Å². The number of benzene rings is 3. The Balaban J connectivity index is 1.49. The zero-order valence-corrected chi connectivity index (χ0v) is 18.0. The number of hydrogen-bond acceptors (Lipinski definition) is 6. The van der Waals surface area contributed by atoms with E-state index >= 15 is 0 Å². The summed E-state index contributed by atoms with van der Waals surface area (Å²) in [5.41, 5.74) is 5.13. The van der Waals surface area contributed by atoms with Crippen LogP contribution < -0.4 is 10.6 Å². The number of aryl methyl sites for hydroxylation is 2. The number of nitrogens with zero attached hydrogens (tertiary/aromatic N) is 4. The van der Waals surface area contributed by atoms with Crippen LogP contribution in [-0.4, -0.2) is 30.9 Å². The summed E-state index contributed by atoms with van der Waals surface area (Å²) in [5, 5.41) is 25.5. The fourth-order valence-electron chi connectivity index (χ4n) is 3.06. The number of nitro benzene ring substituents is 1. The third-order valence-electron chi connectivity index (χ3n) is 4.81. The molecule has 0 radical (unpaired) electrons. The molecule has 0 spiro atoms. The van der Waals surface area contributed by atoms with Crippen molar-refractivity contribution in [1.82, 2.24) is 20.3 Å². The van der Waals surface area contributed by atoms with Crippen molar-refractivity contribution < 1.29 is 9.72 Å². The molecule has 0 unspecified atom stereocenters. The van der Waals surface area contributed by atoms with Crippen molar-refractivity contribution in [1.29, 1.82) is 0 Å². The molecule has 1 aromatic heterocycles. The third-order valence-corrected chi connectivity index (χ3v) is 5.01. The van der Waals surface area contributed by atoms with Crippen LogP contribution in [0.3, 0.4) is 0 Å². The number of anilines is 1. The van der Waals surface area contributed by atoms with Gasteiger partial charge in [0.1, 0.15) is 11.0 Å². The van der Waals surface area contributed by atoms with E-state index in [4.69, 9.17) is 12.2 Å². The molecule has 32 heavy (non-hydrogen) atoms. The van der Waals surface area contributed by atoms with E-state index in [9.17, 15) is 14.9 Å². The molecule has 4 aromatic rings. The number of thiocarbonyl (C=S) groups is 1. The number of nitro groups is 1. The number of aromatic nitrogens is 3. The fraction of sp³-hybridized carbons (Fsp3) is 0.0909. The molecule has 4 rings (SSSR count). The van der Waals surface area contributed by atoms with Crippen LogP contribution in [0.15, 0.2) is 60.7 Å². The molecule has 2 N–H and O–H groups in total. The van der Waals surface area contributed by atoms with Crippen molar-refractivity contribution in [2.75, 3.05) is 5.32 Å². The lowest BCUT2D eigenvalue weighted by molar-refractivity contribution is -0.384. The van der Waals surface area contributed by atoms with Gasteiger partial charge in [0, 0.05) is 23.4 Å². The van der Waals surface area contributed by atoms with Crippen LogP contribution in [0.2, 0.25) is 0 Å². The quantitative estimate of drug-likeness (QED) is 0.276. The zero-order chi connectivity index (χ0) is 22.8. The Morgan fingerprint density at radius 3 is 2.25 bits per heavy atom. The molecule has 10 heteroatoms.